The second-order valence-corrected chi connectivity index (χ2v) is 8.09. The fourth-order valence-electron chi connectivity index (χ4n) is 2.77. The van der Waals surface area contributed by atoms with Gasteiger partial charge >= 0.3 is 0 Å². The lowest BCUT2D eigenvalue weighted by molar-refractivity contribution is 0.245. The van der Waals surface area contributed by atoms with Crippen LogP contribution in [0.3, 0.4) is 0 Å². The van der Waals surface area contributed by atoms with Crippen LogP contribution in [0.1, 0.15) is 33.1 Å². The minimum absolute atomic E-state index is 0.814. The Kier molecular flexibility index (Phi) is 8.81. The second kappa shape index (κ2) is 9.51. The molecule has 18 heavy (non-hydrogen) atoms. The first-order chi connectivity index (χ1) is 8.69. The molecule has 0 aromatic rings. The molecule has 0 aromatic carbocycles. The summed E-state index contributed by atoms with van der Waals surface area (Å²) >= 11 is 4.13. The van der Waals surface area contributed by atoms with Crippen LogP contribution in [0.25, 0.3) is 0 Å². The van der Waals surface area contributed by atoms with Crippen LogP contribution in [0.15, 0.2) is 0 Å². The van der Waals surface area contributed by atoms with Gasteiger partial charge in [-0.1, -0.05) is 13.8 Å². The van der Waals surface area contributed by atoms with Crippen LogP contribution >= 0.6 is 23.5 Å². The van der Waals surface area contributed by atoms with Gasteiger partial charge in [0.25, 0.3) is 0 Å². The van der Waals surface area contributed by atoms with Crippen molar-refractivity contribution in [1.82, 2.24) is 0 Å². The number of rotatable bonds is 8. The van der Waals surface area contributed by atoms with Gasteiger partial charge in [-0.25, -0.2) is 0 Å². The van der Waals surface area contributed by atoms with Gasteiger partial charge in [0.1, 0.15) is 0 Å². The normalized spacial score (nSPS) is 30.3. The zero-order valence-corrected chi connectivity index (χ0v) is 13.6. The molecule has 0 aliphatic heterocycles. The second-order valence-electron chi connectivity index (χ2n) is 5.59. The summed E-state index contributed by atoms with van der Waals surface area (Å²) in [5.41, 5.74) is 11.2. The molecule has 2 nitrogen and oxygen atoms in total. The Morgan fingerprint density at radius 3 is 2.56 bits per heavy atom. The van der Waals surface area contributed by atoms with Crippen LogP contribution in [0.4, 0.5) is 0 Å². The Morgan fingerprint density at radius 1 is 1.17 bits per heavy atom. The molecule has 0 bridgehead atoms. The van der Waals surface area contributed by atoms with E-state index in [4.69, 9.17) is 11.5 Å². The molecule has 1 aliphatic rings. The van der Waals surface area contributed by atoms with Crippen LogP contribution in [-0.4, -0.2) is 35.6 Å². The molecule has 1 fully saturated rings. The molecule has 1 aliphatic carbocycles. The van der Waals surface area contributed by atoms with Gasteiger partial charge in [-0.15, -0.1) is 0 Å². The predicted molar refractivity (Wildman–Crippen MR) is 87.3 cm³/mol. The quantitative estimate of drug-likeness (QED) is 0.675. The highest BCUT2D eigenvalue weighted by Gasteiger charge is 2.30. The SMILES string of the molecule is CC1CC[C@@H](C(C)CSCCN)CC1SCCN. The molecular weight excluding hydrogens is 260 g/mol. The smallest absolute Gasteiger partial charge is 0.00759 e. The molecule has 4 N–H and O–H groups in total. The van der Waals surface area contributed by atoms with Crippen molar-refractivity contribution < 1.29 is 0 Å². The average Bonchev–Trinajstić information content (AvgIpc) is 2.38. The lowest BCUT2D eigenvalue weighted by Crippen LogP contribution is -2.30. The maximum atomic E-state index is 5.63. The summed E-state index contributed by atoms with van der Waals surface area (Å²) in [6, 6.07) is 0. The zero-order valence-electron chi connectivity index (χ0n) is 11.9. The lowest BCUT2D eigenvalue weighted by atomic mass is 9.77. The van der Waals surface area contributed by atoms with Crippen molar-refractivity contribution in [3.8, 4) is 0 Å². The number of thioether (sulfide) groups is 2. The van der Waals surface area contributed by atoms with E-state index in [1.54, 1.807) is 0 Å². The van der Waals surface area contributed by atoms with Crippen LogP contribution < -0.4 is 11.5 Å². The van der Waals surface area contributed by atoms with Crippen LogP contribution in [0.5, 0.6) is 0 Å². The summed E-state index contributed by atoms with van der Waals surface area (Å²) in [5.74, 6) is 6.15. The van der Waals surface area contributed by atoms with Gasteiger partial charge in [0.05, 0.1) is 0 Å². The molecule has 0 amide bonds. The van der Waals surface area contributed by atoms with Gasteiger partial charge in [-0.3, -0.25) is 0 Å². The van der Waals surface area contributed by atoms with Gasteiger partial charge in [-0.05, 0) is 42.8 Å². The summed E-state index contributed by atoms with van der Waals surface area (Å²) < 4.78 is 0. The van der Waals surface area contributed by atoms with Gasteiger partial charge in [0, 0.05) is 29.8 Å². The highest BCUT2D eigenvalue weighted by Crippen LogP contribution is 2.39. The molecule has 0 aromatic heterocycles. The van der Waals surface area contributed by atoms with Crippen LogP contribution in [0, 0.1) is 17.8 Å². The van der Waals surface area contributed by atoms with Crippen molar-refractivity contribution in [3.63, 3.8) is 0 Å². The van der Waals surface area contributed by atoms with E-state index in [0.29, 0.717) is 0 Å². The highest BCUT2D eigenvalue weighted by molar-refractivity contribution is 8.00. The Morgan fingerprint density at radius 2 is 1.89 bits per heavy atom. The minimum Gasteiger partial charge on any atom is -0.330 e. The van der Waals surface area contributed by atoms with E-state index in [1.807, 2.05) is 11.8 Å². The van der Waals surface area contributed by atoms with Crippen molar-refractivity contribution in [2.75, 3.05) is 30.3 Å². The van der Waals surface area contributed by atoms with E-state index < -0.39 is 0 Å². The average molecular weight is 291 g/mol. The summed E-state index contributed by atoms with van der Waals surface area (Å²) in [6.45, 7) is 6.47. The third kappa shape index (κ3) is 5.72. The van der Waals surface area contributed by atoms with E-state index in [1.165, 1.54) is 25.0 Å². The molecule has 0 saturated heterocycles. The summed E-state index contributed by atoms with van der Waals surface area (Å²) in [5, 5.41) is 0.842. The highest BCUT2D eigenvalue weighted by atomic mass is 32.2. The van der Waals surface area contributed by atoms with Gasteiger partial charge in [0.15, 0.2) is 0 Å². The lowest BCUT2D eigenvalue weighted by Gasteiger charge is -2.36. The largest absolute Gasteiger partial charge is 0.330 e. The van der Waals surface area contributed by atoms with Crippen LogP contribution in [0.2, 0.25) is 0 Å². The van der Waals surface area contributed by atoms with Gasteiger partial charge < -0.3 is 11.5 Å². The van der Waals surface area contributed by atoms with E-state index in [9.17, 15) is 0 Å². The fourth-order valence-corrected chi connectivity index (χ4v) is 5.03. The van der Waals surface area contributed by atoms with Crippen molar-refractivity contribution in [3.05, 3.63) is 0 Å². The van der Waals surface area contributed by atoms with E-state index >= 15 is 0 Å². The van der Waals surface area contributed by atoms with Crippen molar-refractivity contribution in [2.24, 2.45) is 29.2 Å². The van der Waals surface area contributed by atoms with Crippen molar-refractivity contribution in [2.45, 2.75) is 38.4 Å². The first-order valence-electron chi connectivity index (χ1n) is 7.28. The molecule has 0 spiro atoms. The van der Waals surface area contributed by atoms with Gasteiger partial charge in [-0.2, -0.15) is 23.5 Å². The number of hydrogen-bond donors (Lipinski definition) is 2. The number of nitrogens with two attached hydrogens (primary N) is 2. The Balaban J connectivity index is 2.33. The molecule has 3 unspecified atom stereocenters. The maximum absolute atomic E-state index is 5.63. The van der Waals surface area contributed by atoms with Crippen molar-refractivity contribution in [1.29, 1.82) is 0 Å². The van der Waals surface area contributed by atoms with E-state index in [2.05, 4.69) is 25.6 Å². The molecular formula is C14H30N2S2. The molecule has 1 rings (SSSR count). The zero-order chi connectivity index (χ0) is 13.4. The van der Waals surface area contributed by atoms with Crippen LogP contribution in [-0.2, 0) is 0 Å². The summed E-state index contributed by atoms with van der Waals surface area (Å²) in [7, 11) is 0. The molecule has 108 valence electrons. The first-order valence-corrected chi connectivity index (χ1v) is 9.48. The maximum Gasteiger partial charge on any atom is 0.00759 e. The predicted octanol–water partition coefficient (Wildman–Crippen LogP) is 2.81. The monoisotopic (exact) mass is 290 g/mol. The Labute approximate surface area is 121 Å². The Bertz CT molecular complexity index is 214. The number of hydrogen-bond acceptors (Lipinski definition) is 4. The third-order valence-corrected chi connectivity index (χ3v) is 6.90. The third-order valence-electron chi connectivity index (χ3n) is 4.06. The van der Waals surface area contributed by atoms with Crippen molar-refractivity contribution >= 4 is 23.5 Å². The summed E-state index contributed by atoms with van der Waals surface area (Å²) in [6.07, 6.45) is 4.22. The minimum atomic E-state index is 0.814. The van der Waals surface area contributed by atoms with Gasteiger partial charge in [0.2, 0.25) is 0 Å². The summed E-state index contributed by atoms with van der Waals surface area (Å²) in [4.78, 5) is 0. The molecule has 4 atom stereocenters. The fraction of sp³-hybridized carbons (Fsp3) is 1.00. The first kappa shape index (κ1) is 16.7. The van der Waals surface area contributed by atoms with E-state index in [-0.39, 0.29) is 0 Å². The molecule has 0 radical (unpaired) electrons. The molecule has 4 heteroatoms. The topological polar surface area (TPSA) is 52.0 Å². The molecule has 0 heterocycles. The molecule has 1 saturated carbocycles. The Hall–Kier alpha value is 0.620. The standard InChI is InChI=1S/C14H30N2S2/c1-11-3-4-13(9-14(11)18-8-6-16)12(2)10-17-7-5-15/h11-14H,3-10,15-16H2,1-2H3/t11?,12?,13-,14?/m1/s1. The van der Waals surface area contributed by atoms with E-state index in [0.717, 1.165) is 47.6 Å².